The first kappa shape index (κ1) is 20.5. The number of carbonyl (C=O) groups is 2. The molecule has 1 unspecified atom stereocenters. The second kappa shape index (κ2) is 9.30. The zero-order valence-electron chi connectivity index (χ0n) is 15.5. The van der Waals surface area contributed by atoms with Crippen LogP contribution >= 0.6 is 23.2 Å². The molecule has 5 nitrogen and oxygen atoms in total. The molecule has 2 aromatic rings. The van der Waals surface area contributed by atoms with Crippen LogP contribution in [0.1, 0.15) is 30.1 Å². The molecule has 0 saturated carbocycles. The number of ether oxygens (including phenoxy) is 1. The van der Waals surface area contributed by atoms with Crippen molar-refractivity contribution in [3.63, 3.8) is 0 Å². The Bertz CT molecular complexity index is 834. The molecule has 0 bridgehead atoms. The lowest BCUT2D eigenvalue weighted by atomic mass is 10.0. The molecule has 1 atom stereocenters. The van der Waals surface area contributed by atoms with Gasteiger partial charge in [-0.3, -0.25) is 9.59 Å². The number of carbonyl (C=O) groups excluding carboxylic acids is 2. The normalized spacial score (nSPS) is 15.8. The summed E-state index contributed by atoms with van der Waals surface area (Å²) in [4.78, 5) is 26.8. The maximum absolute atomic E-state index is 12.6. The zero-order chi connectivity index (χ0) is 20.1. The molecule has 2 amide bonds. The Morgan fingerprint density at radius 1 is 1.07 bits per heavy atom. The van der Waals surface area contributed by atoms with Crippen molar-refractivity contribution >= 4 is 35.0 Å². The summed E-state index contributed by atoms with van der Waals surface area (Å²) in [5.74, 6) is 0.341. The maximum atomic E-state index is 12.6. The molecule has 2 aromatic carbocycles. The molecule has 148 valence electrons. The van der Waals surface area contributed by atoms with E-state index in [1.165, 1.54) is 0 Å². The number of amides is 2. The first-order valence-corrected chi connectivity index (χ1v) is 9.96. The van der Waals surface area contributed by atoms with Crippen molar-refractivity contribution in [3.05, 3.63) is 64.1 Å². The molecule has 7 heteroatoms. The van der Waals surface area contributed by atoms with Gasteiger partial charge in [-0.05, 0) is 56.2 Å². The fourth-order valence-electron chi connectivity index (χ4n) is 3.12. The SMILES string of the molecule is CC(Oc1ccc(Cl)cc1)C(=O)NC1CCN(C(=O)c2ccccc2Cl)CC1. The van der Waals surface area contributed by atoms with E-state index in [0.717, 1.165) is 0 Å². The molecule has 0 aliphatic carbocycles. The third-order valence-corrected chi connectivity index (χ3v) is 5.31. The van der Waals surface area contributed by atoms with Crippen LogP contribution in [0.25, 0.3) is 0 Å². The van der Waals surface area contributed by atoms with E-state index in [0.29, 0.717) is 47.3 Å². The van der Waals surface area contributed by atoms with Gasteiger partial charge in [0.2, 0.25) is 0 Å². The number of rotatable bonds is 5. The van der Waals surface area contributed by atoms with Crippen molar-refractivity contribution in [3.8, 4) is 5.75 Å². The summed E-state index contributed by atoms with van der Waals surface area (Å²) in [6.07, 6.45) is 0.759. The second-order valence-corrected chi connectivity index (χ2v) is 7.61. The monoisotopic (exact) mass is 420 g/mol. The van der Waals surface area contributed by atoms with Crippen LogP contribution in [0.4, 0.5) is 0 Å². The van der Waals surface area contributed by atoms with Gasteiger partial charge >= 0.3 is 0 Å². The minimum Gasteiger partial charge on any atom is -0.481 e. The third kappa shape index (κ3) is 5.18. The van der Waals surface area contributed by atoms with Gasteiger partial charge in [-0.25, -0.2) is 0 Å². The fourth-order valence-corrected chi connectivity index (χ4v) is 3.46. The van der Waals surface area contributed by atoms with E-state index >= 15 is 0 Å². The third-order valence-electron chi connectivity index (χ3n) is 4.73. The molecule has 0 radical (unpaired) electrons. The quantitative estimate of drug-likeness (QED) is 0.788. The highest BCUT2D eigenvalue weighted by Crippen LogP contribution is 2.20. The Labute approximate surface area is 174 Å². The lowest BCUT2D eigenvalue weighted by molar-refractivity contribution is -0.128. The summed E-state index contributed by atoms with van der Waals surface area (Å²) in [5, 5.41) is 4.08. The van der Waals surface area contributed by atoms with E-state index < -0.39 is 6.10 Å². The van der Waals surface area contributed by atoms with Crippen LogP contribution in [-0.4, -0.2) is 41.9 Å². The number of nitrogens with zero attached hydrogens (tertiary/aromatic N) is 1. The van der Waals surface area contributed by atoms with Gasteiger partial charge in [0.15, 0.2) is 6.10 Å². The molecular weight excluding hydrogens is 399 g/mol. The number of hydrogen-bond donors (Lipinski definition) is 1. The Morgan fingerprint density at radius 3 is 2.36 bits per heavy atom. The lowest BCUT2D eigenvalue weighted by Gasteiger charge is -2.33. The van der Waals surface area contributed by atoms with Crippen molar-refractivity contribution in [2.75, 3.05) is 13.1 Å². The van der Waals surface area contributed by atoms with Crippen LogP contribution in [-0.2, 0) is 4.79 Å². The average molecular weight is 421 g/mol. The molecule has 1 saturated heterocycles. The topological polar surface area (TPSA) is 58.6 Å². The highest BCUT2D eigenvalue weighted by Gasteiger charge is 2.27. The summed E-state index contributed by atoms with van der Waals surface area (Å²) in [6, 6.07) is 13.9. The van der Waals surface area contributed by atoms with E-state index in [9.17, 15) is 9.59 Å². The van der Waals surface area contributed by atoms with Gasteiger partial charge in [0.1, 0.15) is 5.75 Å². The van der Waals surface area contributed by atoms with Crippen LogP contribution in [0, 0.1) is 0 Å². The van der Waals surface area contributed by atoms with Crippen molar-refractivity contribution < 1.29 is 14.3 Å². The Balaban J connectivity index is 1.48. The fraction of sp³-hybridized carbons (Fsp3) is 0.333. The molecule has 1 aliphatic heterocycles. The number of likely N-dealkylation sites (tertiary alicyclic amines) is 1. The van der Waals surface area contributed by atoms with E-state index in [4.69, 9.17) is 27.9 Å². The summed E-state index contributed by atoms with van der Waals surface area (Å²) >= 11 is 12.0. The van der Waals surface area contributed by atoms with Crippen molar-refractivity contribution in [2.45, 2.75) is 31.9 Å². The van der Waals surface area contributed by atoms with Gasteiger partial charge in [0, 0.05) is 24.2 Å². The van der Waals surface area contributed by atoms with Crippen LogP contribution < -0.4 is 10.1 Å². The minimum absolute atomic E-state index is 0.0130. The molecule has 0 spiro atoms. The highest BCUT2D eigenvalue weighted by molar-refractivity contribution is 6.33. The summed E-state index contributed by atoms with van der Waals surface area (Å²) in [7, 11) is 0. The molecule has 0 aromatic heterocycles. The molecule has 1 heterocycles. The van der Waals surface area contributed by atoms with Crippen molar-refractivity contribution in [1.82, 2.24) is 10.2 Å². The molecular formula is C21H22Cl2N2O3. The second-order valence-electron chi connectivity index (χ2n) is 6.77. The van der Waals surface area contributed by atoms with Crippen LogP contribution in [0.15, 0.2) is 48.5 Å². The van der Waals surface area contributed by atoms with E-state index in [1.807, 2.05) is 0 Å². The molecule has 1 aliphatic rings. The first-order chi connectivity index (χ1) is 13.4. The highest BCUT2D eigenvalue weighted by atomic mass is 35.5. The van der Waals surface area contributed by atoms with Crippen LogP contribution in [0.2, 0.25) is 10.0 Å². The van der Waals surface area contributed by atoms with Gasteiger partial charge in [-0.2, -0.15) is 0 Å². The summed E-state index contributed by atoms with van der Waals surface area (Å²) in [6.45, 7) is 2.85. The number of hydrogen-bond acceptors (Lipinski definition) is 3. The van der Waals surface area contributed by atoms with Crippen LogP contribution in [0.5, 0.6) is 5.75 Å². The van der Waals surface area contributed by atoms with Gasteiger partial charge in [-0.15, -0.1) is 0 Å². The smallest absolute Gasteiger partial charge is 0.260 e. The van der Waals surface area contributed by atoms with Gasteiger partial charge in [-0.1, -0.05) is 35.3 Å². The Kier molecular flexibility index (Phi) is 6.81. The average Bonchev–Trinajstić information content (AvgIpc) is 2.70. The predicted octanol–water partition coefficient (Wildman–Crippen LogP) is 4.18. The van der Waals surface area contributed by atoms with E-state index in [2.05, 4.69) is 5.32 Å². The number of benzene rings is 2. The summed E-state index contributed by atoms with van der Waals surface area (Å²) in [5.41, 5.74) is 0.511. The van der Waals surface area contributed by atoms with Gasteiger partial charge in [0.05, 0.1) is 10.6 Å². The molecule has 1 fully saturated rings. The molecule has 3 rings (SSSR count). The number of halogens is 2. The lowest BCUT2D eigenvalue weighted by Crippen LogP contribution is -2.49. The van der Waals surface area contributed by atoms with Crippen molar-refractivity contribution in [2.24, 2.45) is 0 Å². The number of piperidine rings is 1. The molecule has 1 N–H and O–H groups in total. The number of nitrogens with one attached hydrogen (secondary N) is 1. The van der Waals surface area contributed by atoms with Crippen molar-refractivity contribution in [1.29, 1.82) is 0 Å². The van der Waals surface area contributed by atoms with E-state index in [1.54, 1.807) is 60.4 Å². The predicted molar refractivity (Wildman–Crippen MR) is 110 cm³/mol. The maximum Gasteiger partial charge on any atom is 0.260 e. The molecule has 28 heavy (non-hydrogen) atoms. The van der Waals surface area contributed by atoms with Crippen LogP contribution in [0.3, 0.4) is 0 Å². The zero-order valence-corrected chi connectivity index (χ0v) is 17.0. The first-order valence-electron chi connectivity index (χ1n) is 9.20. The van der Waals surface area contributed by atoms with Gasteiger partial charge < -0.3 is 15.0 Å². The van der Waals surface area contributed by atoms with Gasteiger partial charge in [0.25, 0.3) is 11.8 Å². The minimum atomic E-state index is -0.621. The Hall–Kier alpha value is -2.24. The Morgan fingerprint density at radius 2 is 1.71 bits per heavy atom. The standard InChI is InChI=1S/C21H22Cl2N2O3/c1-14(28-17-8-6-15(22)7-9-17)20(26)24-16-10-12-25(13-11-16)21(27)18-4-2-3-5-19(18)23/h2-9,14,16H,10-13H2,1H3,(H,24,26). The van der Waals surface area contributed by atoms with E-state index in [-0.39, 0.29) is 17.9 Å². The summed E-state index contributed by atoms with van der Waals surface area (Å²) < 4.78 is 5.65. The largest absolute Gasteiger partial charge is 0.481 e.